The minimum absolute atomic E-state index is 0.194. The Bertz CT molecular complexity index is 938. The largest absolute Gasteiger partial charge is 0.463 e. The van der Waals surface area contributed by atoms with Gasteiger partial charge in [-0.25, -0.2) is 4.79 Å². The highest BCUT2D eigenvalue weighted by Crippen LogP contribution is 2.28. The zero-order chi connectivity index (χ0) is 31.3. The lowest BCUT2D eigenvalue weighted by Gasteiger charge is -2.45. The van der Waals surface area contributed by atoms with Gasteiger partial charge >= 0.3 is 24.0 Å². The zero-order valence-electron chi connectivity index (χ0n) is 24.5. The van der Waals surface area contributed by atoms with Crippen molar-refractivity contribution in [2.45, 2.75) is 97.2 Å². The summed E-state index contributed by atoms with van der Waals surface area (Å²) in [6.45, 7) is 9.46. The fourth-order valence-electron chi connectivity index (χ4n) is 3.64. The minimum atomic E-state index is -1.35. The fourth-order valence-corrected chi connectivity index (χ4v) is 3.64. The van der Waals surface area contributed by atoms with Crippen molar-refractivity contribution in [1.82, 2.24) is 16.0 Å². The number of hydrogen-bond acceptors (Lipinski definition) is 13. The van der Waals surface area contributed by atoms with Crippen LogP contribution >= 0.6 is 0 Å². The molecule has 16 nitrogen and oxygen atoms in total. The molecule has 41 heavy (non-hydrogen) atoms. The Morgan fingerprint density at radius 2 is 1.46 bits per heavy atom. The molecule has 0 radical (unpaired) electrons. The van der Waals surface area contributed by atoms with E-state index >= 15 is 0 Å². The van der Waals surface area contributed by atoms with Crippen molar-refractivity contribution in [2.24, 2.45) is 5.73 Å². The van der Waals surface area contributed by atoms with Gasteiger partial charge in [0, 0.05) is 40.8 Å². The number of hydrogen-bond donors (Lipinski definition) is 4. The summed E-state index contributed by atoms with van der Waals surface area (Å²) in [5.41, 5.74) is 5.33. The molecule has 1 aliphatic rings. The first-order valence-corrected chi connectivity index (χ1v) is 13.0. The van der Waals surface area contributed by atoms with E-state index in [-0.39, 0.29) is 13.1 Å². The number of nitrogens with one attached hydrogen (secondary N) is 3. The zero-order valence-corrected chi connectivity index (χ0v) is 24.5. The molecule has 234 valence electrons. The van der Waals surface area contributed by atoms with Crippen molar-refractivity contribution in [3.8, 4) is 0 Å². The summed E-state index contributed by atoms with van der Waals surface area (Å²) < 4.78 is 32.4. The Labute approximate surface area is 238 Å². The normalized spacial score (nSPS) is 22.9. The summed E-state index contributed by atoms with van der Waals surface area (Å²) in [7, 11) is 0. The highest BCUT2D eigenvalue weighted by molar-refractivity contribution is 5.81. The first-order chi connectivity index (χ1) is 19.0. The molecule has 0 aromatic heterocycles. The van der Waals surface area contributed by atoms with Crippen LogP contribution in [0.3, 0.4) is 0 Å². The molecule has 6 atom stereocenters. The SMILES string of the molecule is CC(=O)N[C@H]1[C@@H](OC[C@H](N)C(=O)NCCCNC(=O)OC(C)(C)C)O[C@H](COC(C)=O)[C@H](OC(C)=O)[C@@H]1OC(C)=O. The maximum atomic E-state index is 12.5. The van der Waals surface area contributed by atoms with E-state index < -0.39 is 91.3 Å². The summed E-state index contributed by atoms with van der Waals surface area (Å²) in [5, 5.41) is 7.73. The second kappa shape index (κ2) is 16.7. The van der Waals surface area contributed by atoms with Crippen LogP contribution in [0.15, 0.2) is 0 Å². The number of carbonyl (C=O) groups excluding carboxylic acids is 6. The maximum absolute atomic E-state index is 12.5. The van der Waals surface area contributed by atoms with E-state index in [1.165, 1.54) is 6.92 Å². The molecule has 1 saturated heterocycles. The first kappa shape index (κ1) is 35.5. The van der Waals surface area contributed by atoms with Crippen LogP contribution < -0.4 is 21.7 Å². The van der Waals surface area contributed by atoms with Crippen molar-refractivity contribution in [3.63, 3.8) is 0 Å². The Morgan fingerprint density at radius 3 is 2.00 bits per heavy atom. The van der Waals surface area contributed by atoms with Gasteiger partial charge < -0.3 is 50.1 Å². The number of nitrogens with two attached hydrogens (primary N) is 1. The average molecular weight is 591 g/mol. The molecule has 0 aromatic rings. The van der Waals surface area contributed by atoms with Crippen LogP contribution in [0, 0.1) is 0 Å². The molecule has 0 aliphatic carbocycles. The number of ether oxygens (including phenoxy) is 6. The van der Waals surface area contributed by atoms with E-state index in [4.69, 9.17) is 34.2 Å². The quantitative estimate of drug-likeness (QED) is 0.115. The monoisotopic (exact) mass is 590 g/mol. The minimum Gasteiger partial charge on any atom is -0.463 e. The van der Waals surface area contributed by atoms with Crippen LogP contribution in [0.4, 0.5) is 4.79 Å². The molecule has 0 unspecified atom stereocenters. The lowest BCUT2D eigenvalue weighted by atomic mass is 9.96. The van der Waals surface area contributed by atoms with Crippen LogP contribution in [0.25, 0.3) is 0 Å². The van der Waals surface area contributed by atoms with E-state index in [9.17, 15) is 28.8 Å². The summed E-state index contributed by atoms with van der Waals surface area (Å²) in [4.78, 5) is 71.3. The van der Waals surface area contributed by atoms with Crippen molar-refractivity contribution >= 4 is 35.8 Å². The summed E-state index contributed by atoms with van der Waals surface area (Å²) in [6.07, 6.45) is -5.28. The van der Waals surface area contributed by atoms with Crippen molar-refractivity contribution in [1.29, 1.82) is 0 Å². The molecule has 1 heterocycles. The fraction of sp³-hybridized carbons (Fsp3) is 0.760. The predicted octanol–water partition coefficient (Wildman–Crippen LogP) is -0.983. The molecule has 3 amide bonds. The van der Waals surface area contributed by atoms with Crippen LogP contribution in [-0.4, -0.2) is 104 Å². The molecule has 0 spiro atoms. The Hall–Kier alpha value is -3.50. The van der Waals surface area contributed by atoms with E-state index in [0.29, 0.717) is 6.42 Å². The predicted molar refractivity (Wildman–Crippen MR) is 140 cm³/mol. The third-order valence-electron chi connectivity index (χ3n) is 5.17. The van der Waals surface area contributed by atoms with Crippen LogP contribution in [0.5, 0.6) is 0 Å². The van der Waals surface area contributed by atoms with Gasteiger partial charge in [-0.05, 0) is 27.2 Å². The standard InChI is InChI=1S/C25H42N4O12/c1-13(30)29-19-21(39-16(4)33)20(38-15(3)32)18(12-36-14(2)31)40-23(19)37-11-17(26)22(34)27-9-8-10-28-24(35)41-25(5,6)7/h17-21,23H,8-12,26H2,1-7H3,(H,27,34)(H,28,35)(H,29,30)/t17-,18+,19+,20-,21+,23-/m0/s1. The number of amides is 3. The van der Waals surface area contributed by atoms with Crippen LogP contribution in [-0.2, 0) is 52.4 Å². The molecule has 5 N–H and O–H groups in total. The molecule has 1 fully saturated rings. The van der Waals surface area contributed by atoms with E-state index in [2.05, 4.69) is 16.0 Å². The van der Waals surface area contributed by atoms with E-state index in [0.717, 1.165) is 20.8 Å². The van der Waals surface area contributed by atoms with E-state index in [1.54, 1.807) is 20.8 Å². The Morgan fingerprint density at radius 1 is 0.878 bits per heavy atom. The molecule has 16 heteroatoms. The number of esters is 3. The summed E-state index contributed by atoms with van der Waals surface area (Å²) >= 11 is 0. The lowest BCUT2D eigenvalue weighted by Crippen LogP contribution is -2.67. The van der Waals surface area contributed by atoms with Crippen LogP contribution in [0.1, 0.15) is 54.9 Å². The van der Waals surface area contributed by atoms with Gasteiger partial charge in [0.25, 0.3) is 0 Å². The van der Waals surface area contributed by atoms with Crippen molar-refractivity contribution in [3.05, 3.63) is 0 Å². The molecule has 0 aromatic carbocycles. The molecular weight excluding hydrogens is 548 g/mol. The van der Waals surface area contributed by atoms with Crippen LogP contribution in [0.2, 0.25) is 0 Å². The van der Waals surface area contributed by atoms with Gasteiger partial charge in [0.1, 0.15) is 30.4 Å². The van der Waals surface area contributed by atoms with Crippen molar-refractivity contribution < 1.29 is 57.2 Å². The Kier molecular flexibility index (Phi) is 14.5. The third-order valence-corrected chi connectivity index (χ3v) is 5.17. The second-order valence-electron chi connectivity index (χ2n) is 10.2. The van der Waals surface area contributed by atoms with Gasteiger partial charge in [-0.3, -0.25) is 24.0 Å². The molecule has 1 rings (SSSR count). The number of rotatable bonds is 13. The maximum Gasteiger partial charge on any atom is 0.407 e. The molecular formula is C25H42N4O12. The number of carbonyl (C=O) groups is 6. The first-order valence-electron chi connectivity index (χ1n) is 13.0. The summed E-state index contributed by atoms with van der Waals surface area (Å²) in [6, 6.07) is -2.37. The van der Waals surface area contributed by atoms with Crippen molar-refractivity contribution in [2.75, 3.05) is 26.3 Å². The highest BCUT2D eigenvalue weighted by atomic mass is 16.7. The van der Waals surface area contributed by atoms with Gasteiger partial charge in [-0.2, -0.15) is 0 Å². The van der Waals surface area contributed by atoms with Gasteiger partial charge in [0.2, 0.25) is 11.8 Å². The smallest absolute Gasteiger partial charge is 0.407 e. The average Bonchev–Trinajstić information content (AvgIpc) is 2.82. The van der Waals surface area contributed by atoms with Gasteiger partial charge in [0.05, 0.1) is 6.61 Å². The third kappa shape index (κ3) is 14.1. The second-order valence-corrected chi connectivity index (χ2v) is 10.2. The highest BCUT2D eigenvalue weighted by Gasteiger charge is 2.51. The molecule has 0 bridgehead atoms. The lowest BCUT2D eigenvalue weighted by molar-refractivity contribution is -0.278. The van der Waals surface area contributed by atoms with Gasteiger partial charge in [-0.15, -0.1) is 0 Å². The topological polar surface area (TPSA) is 220 Å². The van der Waals surface area contributed by atoms with Gasteiger partial charge in [0.15, 0.2) is 18.5 Å². The Balaban J connectivity index is 2.88. The van der Waals surface area contributed by atoms with Gasteiger partial charge in [-0.1, -0.05) is 0 Å². The number of alkyl carbamates (subject to hydrolysis) is 1. The molecule has 0 saturated carbocycles. The van der Waals surface area contributed by atoms with E-state index in [1.807, 2.05) is 0 Å². The molecule has 1 aliphatic heterocycles. The summed E-state index contributed by atoms with van der Waals surface area (Å²) in [5.74, 6) is -3.27.